The molecule has 0 aliphatic carbocycles. The van der Waals surface area contributed by atoms with Crippen molar-refractivity contribution in [2.75, 3.05) is 24.5 Å². The zero-order chi connectivity index (χ0) is 20.7. The van der Waals surface area contributed by atoms with Gasteiger partial charge in [-0.05, 0) is 30.2 Å². The summed E-state index contributed by atoms with van der Waals surface area (Å²) in [5, 5.41) is 2.82. The van der Waals surface area contributed by atoms with Gasteiger partial charge >= 0.3 is 6.03 Å². The smallest absolute Gasteiger partial charge is 0.322 e. The number of hydrogen-bond acceptors (Lipinski definition) is 3. The molecule has 2 N–H and O–H groups in total. The second-order valence-electron chi connectivity index (χ2n) is 7.80. The number of aryl methyl sites for hydroxylation is 1. The fraction of sp³-hybridized carbons (Fsp3) is 0.261. The quantitative estimate of drug-likeness (QED) is 0.708. The monoisotopic (exact) mass is 401 g/mol. The highest BCUT2D eigenvalue weighted by Crippen LogP contribution is 2.32. The third-order valence-corrected chi connectivity index (χ3v) is 5.93. The molecule has 30 heavy (non-hydrogen) atoms. The predicted octanol–water partition coefficient (Wildman–Crippen LogP) is 3.04. The first-order chi connectivity index (χ1) is 14.6. The summed E-state index contributed by atoms with van der Waals surface area (Å²) in [6.07, 6.45) is 1.70. The molecule has 5 rings (SSSR count). The molecule has 0 bridgehead atoms. The molecular formula is C23H23N5O2. The second kappa shape index (κ2) is 7.33. The van der Waals surface area contributed by atoms with Crippen molar-refractivity contribution in [3.63, 3.8) is 0 Å². The van der Waals surface area contributed by atoms with E-state index in [0.29, 0.717) is 31.7 Å². The number of aromatic amines is 1. The van der Waals surface area contributed by atoms with Gasteiger partial charge in [0.2, 0.25) is 0 Å². The zero-order valence-corrected chi connectivity index (χ0v) is 16.8. The molecule has 1 atom stereocenters. The Morgan fingerprint density at radius 3 is 2.77 bits per heavy atom. The number of carbonyl (C=O) groups excluding carboxylic acids is 2. The van der Waals surface area contributed by atoms with Gasteiger partial charge in [-0.25, -0.2) is 9.78 Å². The van der Waals surface area contributed by atoms with Gasteiger partial charge in [0.15, 0.2) is 0 Å². The van der Waals surface area contributed by atoms with Crippen LogP contribution in [0, 0.1) is 6.92 Å². The number of nitrogens with one attached hydrogen (secondary N) is 2. The van der Waals surface area contributed by atoms with Gasteiger partial charge in [-0.3, -0.25) is 9.69 Å². The Balaban J connectivity index is 1.46. The van der Waals surface area contributed by atoms with Crippen molar-refractivity contribution in [1.82, 2.24) is 20.2 Å². The Kier molecular flexibility index (Phi) is 4.50. The highest BCUT2D eigenvalue weighted by atomic mass is 16.2. The van der Waals surface area contributed by atoms with Crippen LogP contribution in [-0.4, -0.2) is 46.4 Å². The molecule has 2 aromatic carbocycles. The minimum atomic E-state index is -0.119. The number of imidazole rings is 1. The summed E-state index contributed by atoms with van der Waals surface area (Å²) in [5.41, 5.74) is 5.46. The maximum atomic E-state index is 13.4. The number of anilines is 1. The van der Waals surface area contributed by atoms with Crippen molar-refractivity contribution in [2.24, 2.45) is 0 Å². The Hall–Kier alpha value is -3.61. The van der Waals surface area contributed by atoms with E-state index in [9.17, 15) is 9.59 Å². The summed E-state index contributed by atoms with van der Waals surface area (Å²) in [7, 11) is 0. The van der Waals surface area contributed by atoms with E-state index in [2.05, 4.69) is 27.4 Å². The first-order valence-corrected chi connectivity index (χ1v) is 10.1. The number of carbonyl (C=O) groups is 2. The molecule has 0 saturated carbocycles. The topological polar surface area (TPSA) is 81.3 Å². The summed E-state index contributed by atoms with van der Waals surface area (Å²) in [6, 6.07) is 15.6. The molecule has 3 heterocycles. The second-order valence-corrected chi connectivity index (χ2v) is 7.80. The molecule has 1 unspecified atom stereocenters. The molecule has 1 fully saturated rings. The molecule has 3 amide bonds. The minimum Gasteiger partial charge on any atom is -0.347 e. The Morgan fingerprint density at radius 1 is 1.17 bits per heavy atom. The van der Waals surface area contributed by atoms with E-state index < -0.39 is 0 Å². The van der Waals surface area contributed by atoms with E-state index in [1.807, 2.05) is 48.2 Å². The summed E-state index contributed by atoms with van der Waals surface area (Å²) >= 11 is 0. The Morgan fingerprint density at radius 2 is 2.00 bits per heavy atom. The van der Waals surface area contributed by atoms with Crippen LogP contribution in [0.25, 0.3) is 0 Å². The van der Waals surface area contributed by atoms with Gasteiger partial charge < -0.3 is 15.2 Å². The van der Waals surface area contributed by atoms with Crippen molar-refractivity contribution in [3.05, 3.63) is 82.9 Å². The molecule has 7 nitrogen and oxygen atoms in total. The van der Waals surface area contributed by atoms with Gasteiger partial charge in [0, 0.05) is 36.8 Å². The summed E-state index contributed by atoms with van der Waals surface area (Å²) in [4.78, 5) is 36.8. The molecule has 1 saturated heterocycles. The normalized spacial score (nSPS) is 18.3. The molecule has 2 aliphatic rings. The number of aromatic nitrogens is 2. The van der Waals surface area contributed by atoms with Crippen LogP contribution in [0.2, 0.25) is 0 Å². The average molecular weight is 401 g/mol. The third kappa shape index (κ3) is 3.12. The van der Waals surface area contributed by atoms with Crippen molar-refractivity contribution >= 4 is 17.6 Å². The summed E-state index contributed by atoms with van der Waals surface area (Å²) in [5.74, 6) is -0.0172. The van der Waals surface area contributed by atoms with Crippen molar-refractivity contribution in [2.45, 2.75) is 19.4 Å². The number of benzene rings is 2. The number of hydrogen-bond donors (Lipinski definition) is 2. The number of H-pyrrole nitrogens is 1. The van der Waals surface area contributed by atoms with Gasteiger partial charge in [-0.1, -0.05) is 36.4 Å². The van der Waals surface area contributed by atoms with E-state index in [1.165, 1.54) is 0 Å². The number of rotatable bonds is 3. The number of urea groups is 1. The highest BCUT2D eigenvalue weighted by molar-refractivity contribution is 5.99. The van der Waals surface area contributed by atoms with Crippen LogP contribution in [0.1, 0.15) is 38.8 Å². The first-order valence-electron chi connectivity index (χ1n) is 10.1. The van der Waals surface area contributed by atoms with E-state index in [-0.39, 0.29) is 17.9 Å². The van der Waals surface area contributed by atoms with Crippen LogP contribution in [0.5, 0.6) is 0 Å². The van der Waals surface area contributed by atoms with Crippen LogP contribution in [0.15, 0.2) is 54.9 Å². The van der Waals surface area contributed by atoms with Gasteiger partial charge in [-0.15, -0.1) is 0 Å². The van der Waals surface area contributed by atoms with Crippen LogP contribution < -0.4 is 10.2 Å². The van der Waals surface area contributed by atoms with Gasteiger partial charge in [0.25, 0.3) is 5.91 Å². The zero-order valence-electron chi connectivity index (χ0n) is 16.8. The fourth-order valence-corrected chi connectivity index (χ4v) is 4.34. The van der Waals surface area contributed by atoms with Gasteiger partial charge in [0.05, 0.1) is 24.3 Å². The third-order valence-electron chi connectivity index (χ3n) is 5.93. The minimum absolute atomic E-state index is 0.0272. The molecule has 1 aromatic heterocycles. The van der Waals surface area contributed by atoms with E-state index in [4.69, 9.17) is 0 Å². The lowest BCUT2D eigenvalue weighted by Gasteiger charge is -2.32. The van der Waals surface area contributed by atoms with E-state index in [1.54, 1.807) is 11.2 Å². The van der Waals surface area contributed by atoms with E-state index >= 15 is 0 Å². The van der Waals surface area contributed by atoms with Crippen LogP contribution >= 0.6 is 0 Å². The lowest BCUT2D eigenvalue weighted by atomic mass is 9.90. The van der Waals surface area contributed by atoms with Crippen LogP contribution in [0.3, 0.4) is 0 Å². The van der Waals surface area contributed by atoms with Gasteiger partial charge in [0.1, 0.15) is 0 Å². The molecule has 3 aromatic rings. The number of fused-ring (bicyclic) bond motifs is 1. The molecular weight excluding hydrogens is 378 g/mol. The lowest BCUT2D eigenvalue weighted by Crippen LogP contribution is -2.39. The standard InChI is InChI=1S/C23H23N5O2/c1-15-7-8-17(11-20(15)28-10-9-24-23(28)30)22(29)27-12-18(16-5-3-2-4-6-16)21-19(13-27)25-14-26-21/h2-8,11,14,18H,9-10,12-13H2,1H3,(H,24,30)(H,25,26). The number of nitrogens with zero attached hydrogens (tertiary/aromatic N) is 3. The van der Waals surface area contributed by atoms with Gasteiger partial charge in [-0.2, -0.15) is 0 Å². The van der Waals surface area contributed by atoms with Crippen LogP contribution in [-0.2, 0) is 6.54 Å². The maximum Gasteiger partial charge on any atom is 0.322 e. The summed E-state index contributed by atoms with van der Waals surface area (Å²) < 4.78 is 0. The molecule has 152 valence electrons. The largest absolute Gasteiger partial charge is 0.347 e. The fourth-order valence-electron chi connectivity index (χ4n) is 4.34. The number of amides is 3. The van der Waals surface area contributed by atoms with Crippen molar-refractivity contribution in [1.29, 1.82) is 0 Å². The lowest BCUT2D eigenvalue weighted by molar-refractivity contribution is 0.0722. The molecule has 0 radical (unpaired) electrons. The average Bonchev–Trinajstić information content (AvgIpc) is 3.42. The van der Waals surface area contributed by atoms with Crippen molar-refractivity contribution in [3.8, 4) is 0 Å². The Labute approximate surface area is 174 Å². The Bertz CT molecular complexity index is 1110. The highest BCUT2D eigenvalue weighted by Gasteiger charge is 2.32. The molecule has 7 heteroatoms. The SMILES string of the molecule is Cc1ccc(C(=O)N2Cc3[nH]cnc3C(c3ccccc3)C2)cc1N1CCNC1=O. The maximum absolute atomic E-state index is 13.4. The first kappa shape index (κ1) is 18.4. The van der Waals surface area contributed by atoms with Crippen molar-refractivity contribution < 1.29 is 9.59 Å². The molecule has 0 spiro atoms. The summed E-state index contributed by atoms with van der Waals surface area (Å²) in [6.45, 7) is 4.23. The van der Waals surface area contributed by atoms with E-state index in [0.717, 1.165) is 28.2 Å². The van der Waals surface area contributed by atoms with Crippen LogP contribution in [0.4, 0.5) is 10.5 Å². The predicted molar refractivity (Wildman–Crippen MR) is 114 cm³/mol. The molecule has 2 aliphatic heterocycles.